The fourth-order valence-electron chi connectivity index (χ4n) is 3.64. The summed E-state index contributed by atoms with van der Waals surface area (Å²) in [5, 5.41) is 12.9. The molecule has 0 aliphatic rings. The summed E-state index contributed by atoms with van der Waals surface area (Å²) in [6.07, 6.45) is 0. The van der Waals surface area contributed by atoms with Gasteiger partial charge in [0.1, 0.15) is 23.7 Å². The zero-order valence-corrected chi connectivity index (χ0v) is 17.4. The van der Waals surface area contributed by atoms with Gasteiger partial charge in [-0.15, -0.1) is 0 Å². The Morgan fingerprint density at radius 2 is 1.64 bits per heavy atom. The highest BCUT2D eigenvalue weighted by Crippen LogP contribution is 2.26. The first-order chi connectivity index (χ1) is 16.1. The van der Waals surface area contributed by atoms with E-state index in [2.05, 4.69) is 5.32 Å². The molecule has 0 aliphatic heterocycles. The highest BCUT2D eigenvalue weighted by atomic mass is 16.4. The van der Waals surface area contributed by atoms with Crippen molar-refractivity contribution in [3.63, 3.8) is 0 Å². The molecule has 0 saturated carbocycles. The summed E-state index contributed by atoms with van der Waals surface area (Å²) >= 11 is 0. The van der Waals surface area contributed by atoms with Crippen molar-refractivity contribution in [1.82, 2.24) is 0 Å². The quantitative estimate of drug-likeness (QED) is 0.356. The lowest BCUT2D eigenvalue weighted by Crippen LogP contribution is -2.12. The fourth-order valence-corrected chi connectivity index (χ4v) is 3.64. The van der Waals surface area contributed by atoms with E-state index in [1.807, 2.05) is 30.3 Å². The number of aliphatic hydroxyl groups excluding tert-OH is 1. The van der Waals surface area contributed by atoms with Crippen LogP contribution in [-0.4, -0.2) is 11.0 Å². The normalized spacial score (nSPS) is 10.9. The number of rotatable bonds is 5. The molecule has 6 nitrogen and oxygen atoms in total. The van der Waals surface area contributed by atoms with E-state index >= 15 is 0 Å². The molecule has 5 aromatic rings. The Labute approximate surface area is 188 Å². The minimum absolute atomic E-state index is 0.173. The molecule has 0 spiro atoms. The second-order valence-electron chi connectivity index (χ2n) is 7.52. The standard InChI is InChI=1S/C27H19NO5/c29-16-22-12-13-25(32-22)19-5-3-6-21(14-19)28-26(30)18-10-8-17(9-11-18)23-15-20-4-1-2-7-24(20)33-27(23)31/h1-15,29H,16H2,(H,28,30). The summed E-state index contributed by atoms with van der Waals surface area (Å²) in [5.41, 5.74) is 3.07. The lowest BCUT2D eigenvalue weighted by atomic mass is 10.0. The zero-order valence-electron chi connectivity index (χ0n) is 17.4. The van der Waals surface area contributed by atoms with Crippen LogP contribution in [0.25, 0.3) is 33.4 Å². The second kappa shape index (κ2) is 8.61. The van der Waals surface area contributed by atoms with Crippen molar-refractivity contribution in [1.29, 1.82) is 0 Å². The van der Waals surface area contributed by atoms with E-state index in [0.717, 1.165) is 10.9 Å². The molecular weight excluding hydrogens is 418 g/mol. The van der Waals surface area contributed by atoms with Crippen LogP contribution < -0.4 is 10.9 Å². The van der Waals surface area contributed by atoms with Crippen LogP contribution in [0.5, 0.6) is 0 Å². The maximum absolute atomic E-state index is 12.8. The third-order valence-electron chi connectivity index (χ3n) is 5.32. The highest BCUT2D eigenvalue weighted by molar-refractivity contribution is 6.04. The molecule has 0 aliphatic carbocycles. The number of benzene rings is 3. The predicted molar refractivity (Wildman–Crippen MR) is 126 cm³/mol. The number of fused-ring (bicyclic) bond motifs is 1. The first kappa shape index (κ1) is 20.5. The molecule has 6 heteroatoms. The van der Waals surface area contributed by atoms with E-state index in [9.17, 15) is 14.7 Å². The van der Waals surface area contributed by atoms with E-state index in [-0.39, 0.29) is 12.5 Å². The molecule has 0 atom stereocenters. The molecule has 1 amide bonds. The fraction of sp³-hybridized carbons (Fsp3) is 0.0370. The van der Waals surface area contributed by atoms with E-state index < -0.39 is 5.63 Å². The number of carbonyl (C=O) groups is 1. The minimum atomic E-state index is -0.426. The Balaban J connectivity index is 1.36. The summed E-state index contributed by atoms with van der Waals surface area (Å²) < 4.78 is 11.0. The molecule has 2 heterocycles. The van der Waals surface area contributed by atoms with Crippen LogP contribution >= 0.6 is 0 Å². The Hall–Kier alpha value is -4.42. The van der Waals surface area contributed by atoms with E-state index in [1.54, 1.807) is 60.7 Å². The Morgan fingerprint density at radius 1 is 0.818 bits per heavy atom. The maximum atomic E-state index is 12.8. The van der Waals surface area contributed by atoms with E-state index in [1.165, 1.54) is 0 Å². The first-order valence-corrected chi connectivity index (χ1v) is 10.4. The average molecular weight is 437 g/mol. The largest absolute Gasteiger partial charge is 0.459 e. The highest BCUT2D eigenvalue weighted by Gasteiger charge is 2.11. The number of carbonyl (C=O) groups excluding carboxylic acids is 1. The van der Waals surface area contributed by atoms with Gasteiger partial charge in [0, 0.05) is 22.2 Å². The van der Waals surface area contributed by atoms with E-state index in [4.69, 9.17) is 8.83 Å². The summed E-state index contributed by atoms with van der Waals surface area (Å²) in [7, 11) is 0. The van der Waals surface area contributed by atoms with Crippen molar-refractivity contribution < 1.29 is 18.7 Å². The molecule has 0 bridgehead atoms. The van der Waals surface area contributed by atoms with Gasteiger partial charge in [0.2, 0.25) is 0 Å². The van der Waals surface area contributed by atoms with Gasteiger partial charge >= 0.3 is 5.63 Å². The number of nitrogens with one attached hydrogen (secondary N) is 1. The molecule has 3 aromatic carbocycles. The van der Waals surface area contributed by atoms with Crippen LogP contribution in [0, 0.1) is 0 Å². The van der Waals surface area contributed by atoms with Gasteiger partial charge in [-0.05, 0) is 54.1 Å². The number of furan rings is 1. The van der Waals surface area contributed by atoms with Crippen LogP contribution in [0.3, 0.4) is 0 Å². The van der Waals surface area contributed by atoms with Gasteiger partial charge in [0.05, 0.1) is 5.56 Å². The number of hydrogen-bond donors (Lipinski definition) is 2. The molecule has 0 fully saturated rings. The number of aliphatic hydroxyl groups is 1. The van der Waals surface area contributed by atoms with Crippen LogP contribution in [0.4, 0.5) is 5.69 Å². The third-order valence-corrected chi connectivity index (χ3v) is 5.32. The van der Waals surface area contributed by atoms with Gasteiger partial charge in [-0.3, -0.25) is 4.79 Å². The van der Waals surface area contributed by atoms with Gasteiger partial charge in [0.15, 0.2) is 0 Å². The summed E-state index contributed by atoms with van der Waals surface area (Å²) in [6.45, 7) is -0.173. The van der Waals surface area contributed by atoms with Crippen molar-refractivity contribution in [2.75, 3.05) is 5.32 Å². The molecule has 2 aromatic heterocycles. The zero-order chi connectivity index (χ0) is 22.8. The van der Waals surface area contributed by atoms with Crippen molar-refractivity contribution in [2.24, 2.45) is 0 Å². The van der Waals surface area contributed by atoms with Gasteiger partial charge in [-0.2, -0.15) is 0 Å². The third kappa shape index (κ3) is 4.20. The maximum Gasteiger partial charge on any atom is 0.344 e. The number of amides is 1. The molecule has 0 saturated heterocycles. The summed E-state index contributed by atoms with van der Waals surface area (Å²) in [5.74, 6) is 0.799. The van der Waals surface area contributed by atoms with Crippen LogP contribution in [-0.2, 0) is 6.61 Å². The molecule has 33 heavy (non-hydrogen) atoms. The predicted octanol–water partition coefficient (Wildman–Crippen LogP) is 5.46. The van der Waals surface area contributed by atoms with Gasteiger partial charge in [-0.1, -0.05) is 42.5 Å². The Kier molecular flexibility index (Phi) is 5.34. The average Bonchev–Trinajstić information content (AvgIpc) is 3.33. The molecule has 5 rings (SSSR count). The van der Waals surface area contributed by atoms with Gasteiger partial charge in [-0.25, -0.2) is 4.79 Å². The van der Waals surface area contributed by atoms with E-state index in [0.29, 0.717) is 39.5 Å². The molecule has 2 N–H and O–H groups in total. The Morgan fingerprint density at radius 3 is 2.42 bits per heavy atom. The van der Waals surface area contributed by atoms with Gasteiger partial charge in [0.25, 0.3) is 5.91 Å². The topological polar surface area (TPSA) is 92.7 Å². The molecular formula is C27H19NO5. The SMILES string of the molecule is O=C(Nc1cccc(-c2ccc(CO)o2)c1)c1ccc(-c2cc3ccccc3oc2=O)cc1. The van der Waals surface area contributed by atoms with Crippen molar-refractivity contribution in [2.45, 2.75) is 6.61 Å². The van der Waals surface area contributed by atoms with Gasteiger partial charge < -0.3 is 19.3 Å². The second-order valence-corrected chi connectivity index (χ2v) is 7.52. The molecule has 0 unspecified atom stereocenters. The van der Waals surface area contributed by atoms with Crippen molar-refractivity contribution in [3.8, 4) is 22.5 Å². The van der Waals surface area contributed by atoms with Crippen LogP contribution in [0.15, 0.2) is 105 Å². The van der Waals surface area contributed by atoms with Crippen molar-refractivity contribution >= 4 is 22.6 Å². The lowest BCUT2D eigenvalue weighted by Gasteiger charge is -2.08. The summed E-state index contributed by atoms with van der Waals surface area (Å²) in [4.78, 5) is 25.1. The number of para-hydroxylation sites is 1. The summed E-state index contributed by atoms with van der Waals surface area (Å²) in [6, 6.07) is 26.6. The monoisotopic (exact) mass is 437 g/mol. The van der Waals surface area contributed by atoms with Crippen LogP contribution in [0.1, 0.15) is 16.1 Å². The number of hydrogen-bond acceptors (Lipinski definition) is 5. The molecule has 162 valence electrons. The lowest BCUT2D eigenvalue weighted by molar-refractivity contribution is 0.102. The van der Waals surface area contributed by atoms with Crippen LogP contribution in [0.2, 0.25) is 0 Å². The smallest absolute Gasteiger partial charge is 0.344 e. The van der Waals surface area contributed by atoms with Crippen molar-refractivity contribution in [3.05, 3.63) is 113 Å². The molecule has 0 radical (unpaired) electrons. The number of anilines is 1. The first-order valence-electron chi connectivity index (χ1n) is 10.4. The minimum Gasteiger partial charge on any atom is -0.459 e. The Bertz CT molecular complexity index is 1510.